The molecule has 1 aliphatic rings. The summed E-state index contributed by atoms with van der Waals surface area (Å²) < 4.78 is 0. The second-order valence-corrected chi connectivity index (χ2v) is 7.75. The summed E-state index contributed by atoms with van der Waals surface area (Å²) in [5.41, 5.74) is 2.64. The lowest BCUT2D eigenvalue weighted by Crippen LogP contribution is -2.45. The van der Waals surface area contributed by atoms with Gasteiger partial charge in [0.25, 0.3) is 0 Å². The van der Waals surface area contributed by atoms with E-state index in [1.165, 1.54) is 21.9 Å². The Morgan fingerprint density at radius 1 is 0.692 bits per heavy atom. The van der Waals surface area contributed by atoms with Crippen LogP contribution in [0.5, 0.6) is 0 Å². The van der Waals surface area contributed by atoms with Crippen LogP contribution in [0.15, 0.2) is 60.7 Å². The van der Waals surface area contributed by atoms with Gasteiger partial charge < -0.3 is 0 Å². The van der Waals surface area contributed by atoms with Crippen LogP contribution >= 0.6 is 23.2 Å². The van der Waals surface area contributed by atoms with Gasteiger partial charge in [-0.15, -0.1) is 0 Å². The highest BCUT2D eigenvalue weighted by Gasteiger charge is 2.18. The maximum absolute atomic E-state index is 6.13. The fourth-order valence-corrected chi connectivity index (χ4v) is 3.99. The predicted octanol–water partition coefficient (Wildman–Crippen LogP) is 5.46. The van der Waals surface area contributed by atoms with Gasteiger partial charge in [0.1, 0.15) is 0 Å². The first-order chi connectivity index (χ1) is 12.7. The first-order valence-electron chi connectivity index (χ1n) is 9.04. The SMILES string of the molecule is Clc1ccc(CN2CCN(Cc3cccc4ccccc34)CC2)cc1Cl. The van der Waals surface area contributed by atoms with Gasteiger partial charge in [0.15, 0.2) is 0 Å². The van der Waals surface area contributed by atoms with Crippen LogP contribution in [0.2, 0.25) is 10.0 Å². The fourth-order valence-electron chi connectivity index (χ4n) is 3.67. The number of hydrogen-bond acceptors (Lipinski definition) is 2. The van der Waals surface area contributed by atoms with E-state index in [0.717, 1.165) is 39.3 Å². The molecule has 0 unspecified atom stereocenters. The summed E-state index contributed by atoms with van der Waals surface area (Å²) in [4.78, 5) is 5.03. The normalized spacial score (nSPS) is 16.2. The molecule has 0 atom stereocenters. The smallest absolute Gasteiger partial charge is 0.0595 e. The topological polar surface area (TPSA) is 6.48 Å². The average molecular weight is 385 g/mol. The molecule has 26 heavy (non-hydrogen) atoms. The van der Waals surface area contributed by atoms with Crippen LogP contribution in [0.1, 0.15) is 11.1 Å². The summed E-state index contributed by atoms with van der Waals surface area (Å²) in [6.07, 6.45) is 0. The van der Waals surface area contributed by atoms with Crippen molar-refractivity contribution in [2.24, 2.45) is 0 Å². The summed E-state index contributed by atoms with van der Waals surface area (Å²) in [5, 5.41) is 3.95. The molecule has 3 aromatic carbocycles. The highest BCUT2D eigenvalue weighted by molar-refractivity contribution is 6.42. The molecule has 2 nitrogen and oxygen atoms in total. The molecule has 0 aliphatic carbocycles. The standard InChI is InChI=1S/C22H22Cl2N2/c23-21-9-8-17(14-22(21)24)15-25-10-12-26(13-11-25)16-19-6-3-5-18-4-1-2-7-20(18)19/h1-9,14H,10-13,15-16H2. The van der Waals surface area contributed by atoms with Crippen LogP contribution in [-0.4, -0.2) is 36.0 Å². The molecule has 0 radical (unpaired) electrons. The van der Waals surface area contributed by atoms with Crippen LogP contribution < -0.4 is 0 Å². The van der Waals surface area contributed by atoms with Gasteiger partial charge in [-0.1, -0.05) is 71.7 Å². The third kappa shape index (κ3) is 4.05. The second kappa shape index (κ2) is 7.98. The van der Waals surface area contributed by atoms with Crippen molar-refractivity contribution in [3.05, 3.63) is 81.8 Å². The van der Waals surface area contributed by atoms with Gasteiger partial charge in [-0.05, 0) is 34.0 Å². The van der Waals surface area contributed by atoms with E-state index in [-0.39, 0.29) is 0 Å². The van der Waals surface area contributed by atoms with E-state index in [4.69, 9.17) is 23.2 Å². The van der Waals surface area contributed by atoms with Gasteiger partial charge in [0.05, 0.1) is 10.0 Å². The second-order valence-electron chi connectivity index (χ2n) is 6.94. The van der Waals surface area contributed by atoms with E-state index >= 15 is 0 Å². The summed E-state index contributed by atoms with van der Waals surface area (Å²) >= 11 is 12.1. The summed E-state index contributed by atoms with van der Waals surface area (Å²) in [6.45, 7) is 6.27. The Hall–Kier alpha value is -1.58. The van der Waals surface area contributed by atoms with Crippen LogP contribution in [0.4, 0.5) is 0 Å². The molecular weight excluding hydrogens is 363 g/mol. The molecule has 0 spiro atoms. The molecule has 1 heterocycles. The summed E-state index contributed by atoms with van der Waals surface area (Å²) in [5.74, 6) is 0. The minimum Gasteiger partial charge on any atom is -0.297 e. The summed E-state index contributed by atoms with van der Waals surface area (Å²) in [6, 6.07) is 21.2. The maximum atomic E-state index is 6.13. The highest BCUT2D eigenvalue weighted by Crippen LogP contribution is 2.24. The van der Waals surface area contributed by atoms with Gasteiger partial charge in [0, 0.05) is 39.3 Å². The van der Waals surface area contributed by atoms with Crippen LogP contribution in [-0.2, 0) is 13.1 Å². The largest absolute Gasteiger partial charge is 0.297 e. The zero-order chi connectivity index (χ0) is 17.9. The first kappa shape index (κ1) is 17.8. The van der Waals surface area contributed by atoms with E-state index in [9.17, 15) is 0 Å². The monoisotopic (exact) mass is 384 g/mol. The van der Waals surface area contributed by atoms with Crippen molar-refractivity contribution in [1.82, 2.24) is 9.80 Å². The first-order valence-corrected chi connectivity index (χ1v) is 9.80. The van der Waals surface area contributed by atoms with Crippen LogP contribution in [0, 0.1) is 0 Å². The lowest BCUT2D eigenvalue weighted by atomic mass is 10.0. The third-order valence-corrected chi connectivity index (χ3v) is 5.87. The molecule has 0 saturated carbocycles. The van der Waals surface area contributed by atoms with E-state index in [0.29, 0.717) is 10.0 Å². The number of benzene rings is 3. The fraction of sp³-hybridized carbons (Fsp3) is 0.273. The van der Waals surface area contributed by atoms with Gasteiger partial charge in [0.2, 0.25) is 0 Å². The van der Waals surface area contributed by atoms with Crippen LogP contribution in [0.3, 0.4) is 0 Å². The lowest BCUT2D eigenvalue weighted by Gasteiger charge is -2.35. The van der Waals surface area contributed by atoms with Crippen molar-refractivity contribution in [2.75, 3.05) is 26.2 Å². The molecule has 1 fully saturated rings. The number of piperazine rings is 1. The van der Waals surface area contributed by atoms with Crippen molar-refractivity contribution < 1.29 is 0 Å². The molecule has 134 valence electrons. The van der Waals surface area contributed by atoms with Gasteiger partial charge >= 0.3 is 0 Å². The number of nitrogens with zero attached hydrogens (tertiary/aromatic N) is 2. The van der Waals surface area contributed by atoms with Gasteiger partial charge in [-0.25, -0.2) is 0 Å². The minimum atomic E-state index is 0.621. The quantitative estimate of drug-likeness (QED) is 0.588. The zero-order valence-electron chi connectivity index (χ0n) is 14.7. The average Bonchev–Trinajstić information content (AvgIpc) is 2.67. The Kier molecular flexibility index (Phi) is 5.46. The van der Waals surface area contributed by atoms with Crippen molar-refractivity contribution >= 4 is 34.0 Å². The van der Waals surface area contributed by atoms with Gasteiger partial charge in [-0.3, -0.25) is 9.80 Å². The van der Waals surface area contributed by atoms with Crippen molar-refractivity contribution in [1.29, 1.82) is 0 Å². The van der Waals surface area contributed by atoms with E-state index in [2.05, 4.69) is 58.3 Å². The molecule has 0 amide bonds. The highest BCUT2D eigenvalue weighted by atomic mass is 35.5. The number of hydrogen-bond donors (Lipinski definition) is 0. The van der Waals surface area contributed by atoms with Gasteiger partial charge in [-0.2, -0.15) is 0 Å². The molecule has 1 aliphatic heterocycles. The van der Waals surface area contributed by atoms with Crippen molar-refractivity contribution in [2.45, 2.75) is 13.1 Å². The molecule has 4 rings (SSSR count). The Morgan fingerprint density at radius 3 is 2.15 bits per heavy atom. The minimum absolute atomic E-state index is 0.621. The number of halogens is 2. The molecule has 0 bridgehead atoms. The molecule has 0 N–H and O–H groups in total. The molecule has 0 aromatic heterocycles. The predicted molar refractivity (Wildman–Crippen MR) is 111 cm³/mol. The number of fused-ring (bicyclic) bond motifs is 1. The van der Waals surface area contributed by atoms with Crippen LogP contribution in [0.25, 0.3) is 10.8 Å². The zero-order valence-corrected chi connectivity index (χ0v) is 16.2. The molecular formula is C22H22Cl2N2. The number of rotatable bonds is 4. The Morgan fingerprint density at radius 2 is 1.38 bits per heavy atom. The third-order valence-electron chi connectivity index (χ3n) is 5.13. The maximum Gasteiger partial charge on any atom is 0.0595 e. The van der Waals surface area contributed by atoms with Crippen molar-refractivity contribution in [3.63, 3.8) is 0 Å². The molecule has 4 heteroatoms. The van der Waals surface area contributed by atoms with E-state index < -0.39 is 0 Å². The van der Waals surface area contributed by atoms with E-state index in [1.807, 2.05) is 12.1 Å². The summed E-state index contributed by atoms with van der Waals surface area (Å²) in [7, 11) is 0. The molecule has 3 aromatic rings. The molecule has 1 saturated heterocycles. The van der Waals surface area contributed by atoms with Crippen molar-refractivity contribution in [3.8, 4) is 0 Å². The lowest BCUT2D eigenvalue weighted by molar-refractivity contribution is 0.122. The Labute approximate surface area is 164 Å². The Bertz CT molecular complexity index is 896. The van der Waals surface area contributed by atoms with E-state index in [1.54, 1.807) is 0 Å². The Balaban J connectivity index is 1.37.